The summed E-state index contributed by atoms with van der Waals surface area (Å²) in [5, 5.41) is 10.3. The number of benzene rings is 1. The number of aromatic nitrogens is 1. The first-order valence-corrected chi connectivity index (χ1v) is 10.4. The lowest BCUT2D eigenvalue weighted by molar-refractivity contribution is -0.120. The van der Waals surface area contributed by atoms with Gasteiger partial charge in [0.2, 0.25) is 17.7 Å². The topological polar surface area (TPSA) is 100 Å². The van der Waals surface area contributed by atoms with E-state index in [1.807, 2.05) is 5.38 Å². The van der Waals surface area contributed by atoms with Crippen molar-refractivity contribution in [3.05, 3.63) is 35.3 Å². The Morgan fingerprint density at radius 2 is 1.78 bits per heavy atom. The lowest BCUT2D eigenvalue weighted by Gasteiger charge is -2.06. The molecule has 0 aliphatic heterocycles. The Bertz CT molecular complexity index is 831. The third-order valence-corrected chi connectivity index (χ3v) is 5.70. The first kappa shape index (κ1) is 19.4. The number of carbonyl (C=O) groups excluding carboxylic acids is 3. The maximum atomic E-state index is 12.1. The van der Waals surface area contributed by atoms with Gasteiger partial charge >= 0.3 is 0 Å². The highest BCUT2D eigenvalue weighted by molar-refractivity contribution is 8.01. The fourth-order valence-corrected chi connectivity index (χ4v) is 3.92. The number of nitrogens with zero attached hydrogens (tertiary/aromatic N) is 1. The van der Waals surface area contributed by atoms with Gasteiger partial charge in [0.15, 0.2) is 4.34 Å². The molecule has 1 saturated carbocycles. The van der Waals surface area contributed by atoms with E-state index in [-0.39, 0.29) is 29.9 Å². The van der Waals surface area contributed by atoms with Gasteiger partial charge < -0.3 is 16.0 Å². The summed E-state index contributed by atoms with van der Waals surface area (Å²) in [6.45, 7) is 1.44. The highest BCUT2D eigenvalue weighted by atomic mass is 32.2. The summed E-state index contributed by atoms with van der Waals surface area (Å²) in [7, 11) is 0. The van der Waals surface area contributed by atoms with Gasteiger partial charge in [0, 0.05) is 29.7 Å². The van der Waals surface area contributed by atoms with Crippen LogP contribution in [-0.2, 0) is 20.8 Å². The molecule has 0 saturated heterocycles. The van der Waals surface area contributed by atoms with Gasteiger partial charge in [-0.2, -0.15) is 0 Å². The highest BCUT2D eigenvalue weighted by Crippen LogP contribution is 2.24. The van der Waals surface area contributed by atoms with Crippen molar-refractivity contribution in [2.24, 2.45) is 0 Å². The van der Waals surface area contributed by atoms with Gasteiger partial charge in [0.05, 0.1) is 17.9 Å². The van der Waals surface area contributed by atoms with E-state index >= 15 is 0 Å². The van der Waals surface area contributed by atoms with Gasteiger partial charge in [-0.15, -0.1) is 11.3 Å². The zero-order valence-corrected chi connectivity index (χ0v) is 16.4. The van der Waals surface area contributed by atoms with Crippen LogP contribution < -0.4 is 16.0 Å². The fourth-order valence-electron chi connectivity index (χ4n) is 2.27. The van der Waals surface area contributed by atoms with Crippen molar-refractivity contribution in [3.8, 4) is 0 Å². The average Bonchev–Trinajstić information content (AvgIpc) is 3.31. The molecule has 0 bridgehead atoms. The maximum absolute atomic E-state index is 12.1. The zero-order valence-electron chi connectivity index (χ0n) is 14.8. The van der Waals surface area contributed by atoms with E-state index in [1.165, 1.54) is 30.0 Å². The van der Waals surface area contributed by atoms with Crippen LogP contribution in [0.1, 0.15) is 25.5 Å². The number of rotatable bonds is 8. The number of nitrogens with one attached hydrogen (secondary N) is 3. The average molecular weight is 405 g/mol. The second-order valence-corrected chi connectivity index (χ2v) is 8.30. The summed E-state index contributed by atoms with van der Waals surface area (Å²) >= 11 is 2.77. The van der Waals surface area contributed by atoms with Gasteiger partial charge in [0.25, 0.3) is 0 Å². The van der Waals surface area contributed by atoms with Crippen molar-refractivity contribution >= 4 is 52.2 Å². The van der Waals surface area contributed by atoms with Crippen molar-refractivity contribution in [1.82, 2.24) is 10.3 Å². The van der Waals surface area contributed by atoms with E-state index in [0.29, 0.717) is 17.4 Å². The summed E-state index contributed by atoms with van der Waals surface area (Å²) in [6, 6.07) is 7.26. The summed E-state index contributed by atoms with van der Waals surface area (Å²) in [5.74, 6) is -0.0550. The molecule has 0 radical (unpaired) electrons. The third-order valence-electron chi connectivity index (χ3n) is 3.63. The van der Waals surface area contributed by atoms with Crippen molar-refractivity contribution in [2.75, 3.05) is 16.4 Å². The zero-order chi connectivity index (χ0) is 19.2. The number of thiazole rings is 1. The Hall–Kier alpha value is -2.39. The fraction of sp³-hybridized carbons (Fsp3) is 0.333. The quantitative estimate of drug-likeness (QED) is 0.588. The highest BCUT2D eigenvalue weighted by Gasteiger charge is 2.23. The second-order valence-electron chi connectivity index (χ2n) is 6.22. The van der Waals surface area contributed by atoms with Crippen molar-refractivity contribution in [3.63, 3.8) is 0 Å². The Morgan fingerprint density at radius 3 is 2.41 bits per heavy atom. The number of carbonyl (C=O) groups is 3. The first-order chi connectivity index (χ1) is 13.0. The van der Waals surface area contributed by atoms with E-state index < -0.39 is 0 Å². The Kier molecular flexibility index (Phi) is 6.46. The number of thioether (sulfide) groups is 1. The molecule has 3 amide bonds. The summed E-state index contributed by atoms with van der Waals surface area (Å²) in [6.07, 6.45) is 2.41. The molecule has 0 unspecified atom stereocenters. The predicted molar refractivity (Wildman–Crippen MR) is 107 cm³/mol. The van der Waals surface area contributed by atoms with Crippen molar-refractivity contribution in [1.29, 1.82) is 0 Å². The first-order valence-electron chi connectivity index (χ1n) is 8.52. The summed E-state index contributed by atoms with van der Waals surface area (Å²) in [4.78, 5) is 39.2. The number of amides is 3. The Labute approximate surface area is 165 Å². The number of hydrogen-bond acceptors (Lipinski definition) is 6. The van der Waals surface area contributed by atoms with Crippen LogP contribution in [0.4, 0.5) is 11.4 Å². The molecule has 0 spiro atoms. The molecule has 1 heterocycles. The molecule has 2 aromatic rings. The van der Waals surface area contributed by atoms with Gasteiger partial charge in [0.1, 0.15) is 0 Å². The van der Waals surface area contributed by atoms with Crippen molar-refractivity contribution < 1.29 is 14.4 Å². The molecule has 142 valence electrons. The van der Waals surface area contributed by atoms with Crippen LogP contribution in [0.25, 0.3) is 0 Å². The van der Waals surface area contributed by atoms with Gasteiger partial charge in [-0.1, -0.05) is 11.8 Å². The summed E-state index contributed by atoms with van der Waals surface area (Å²) < 4.78 is 0.764. The van der Waals surface area contributed by atoms with Crippen LogP contribution in [0.3, 0.4) is 0 Å². The normalized spacial score (nSPS) is 13.1. The minimum Gasteiger partial charge on any atom is -0.353 e. The van der Waals surface area contributed by atoms with E-state index in [2.05, 4.69) is 20.9 Å². The maximum Gasteiger partial charge on any atom is 0.234 e. The third kappa shape index (κ3) is 6.69. The van der Waals surface area contributed by atoms with E-state index in [0.717, 1.165) is 22.9 Å². The van der Waals surface area contributed by atoms with Crippen LogP contribution in [-0.4, -0.2) is 34.5 Å². The summed E-state index contributed by atoms with van der Waals surface area (Å²) in [5.41, 5.74) is 2.07. The largest absolute Gasteiger partial charge is 0.353 e. The molecular formula is C18H20N4O3S2. The molecule has 3 rings (SSSR count). The van der Waals surface area contributed by atoms with Crippen LogP contribution >= 0.6 is 23.1 Å². The lowest BCUT2D eigenvalue weighted by atomic mass is 10.3. The minimum atomic E-state index is -0.143. The molecule has 0 atom stereocenters. The SMILES string of the molecule is CC(=O)Nc1ccc(NC(=O)CSc2nc(CC(=O)NC3CC3)cs2)cc1. The smallest absolute Gasteiger partial charge is 0.234 e. The van der Waals surface area contributed by atoms with Crippen LogP contribution in [0.15, 0.2) is 34.0 Å². The molecule has 27 heavy (non-hydrogen) atoms. The van der Waals surface area contributed by atoms with Crippen LogP contribution in [0.5, 0.6) is 0 Å². The van der Waals surface area contributed by atoms with Crippen molar-refractivity contribution in [2.45, 2.75) is 36.6 Å². The predicted octanol–water partition coefficient (Wildman–Crippen LogP) is 2.65. The van der Waals surface area contributed by atoms with E-state index in [9.17, 15) is 14.4 Å². The second kappa shape index (κ2) is 9.01. The Morgan fingerprint density at radius 1 is 1.11 bits per heavy atom. The molecule has 3 N–H and O–H groups in total. The molecular weight excluding hydrogens is 384 g/mol. The molecule has 1 aliphatic carbocycles. The standard InChI is InChI=1S/C18H20N4O3S2/c1-11(23)19-12-2-4-14(5-3-12)21-17(25)10-27-18-22-15(9-26-18)8-16(24)20-13-6-7-13/h2-5,9,13H,6-8,10H2,1H3,(H,19,23)(H,20,24)(H,21,25). The molecule has 7 nitrogen and oxygen atoms in total. The molecule has 1 aliphatic rings. The van der Waals surface area contributed by atoms with Crippen LogP contribution in [0, 0.1) is 0 Å². The van der Waals surface area contributed by atoms with E-state index in [4.69, 9.17) is 0 Å². The van der Waals surface area contributed by atoms with E-state index in [1.54, 1.807) is 24.3 Å². The molecule has 9 heteroatoms. The number of hydrogen-bond donors (Lipinski definition) is 3. The molecule has 1 aromatic heterocycles. The monoisotopic (exact) mass is 404 g/mol. The van der Waals surface area contributed by atoms with Gasteiger partial charge in [-0.3, -0.25) is 14.4 Å². The number of anilines is 2. The molecule has 1 aromatic carbocycles. The minimum absolute atomic E-state index is 0.000183. The van der Waals surface area contributed by atoms with Crippen LogP contribution in [0.2, 0.25) is 0 Å². The van der Waals surface area contributed by atoms with Gasteiger partial charge in [-0.25, -0.2) is 4.98 Å². The lowest BCUT2D eigenvalue weighted by Crippen LogP contribution is -2.27. The molecule has 1 fully saturated rings. The Balaban J connectivity index is 1.42. The van der Waals surface area contributed by atoms with Gasteiger partial charge in [-0.05, 0) is 37.1 Å².